The molecule has 2 amide bonds. The fourth-order valence-electron chi connectivity index (χ4n) is 3.87. The van der Waals surface area contributed by atoms with Crippen LogP contribution in [0.2, 0.25) is 0 Å². The molecule has 1 aliphatic rings. The van der Waals surface area contributed by atoms with Crippen molar-refractivity contribution in [3.63, 3.8) is 0 Å². The zero-order valence-electron chi connectivity index (χ0n) is 19.9. The molecule has 0 spiro atoms. The molecule has 0 fully saturated rings. The number of aliphatic carboxylic acids is 1. The number of carboxylic acid groups (broad SMARTS) is 1. The molecule has 1 atom stereocenters. The van der Waals surface area contributed by atoms with Crippen molar-refractivity contribution >= 4 is 18.0 Å². The predicted molar refractivity (Wildman–Crippen MR) is 127 cm³/mol. The lowest BCUT2D eigenvalue weighted by Crippen LogP contribution is -2.61. The van der Waals surface area contributed by atoms with Gasteiger partial charge in [0.1, 0.15) is 12.6 Å². The highest BCUT2D eigenvalue weighted by Gasteiger charge is 2.38. The van der Waals surface area contributed by atoms with Gasteiger partial charge in [-0.05, 0) is 56.4 Å². The van der Waals surface area contributed by atoms with E-state index < -0.39 is 35.2 Å². The largest absolute Gasteiger partial charge is 0.481 e. The van der Waals surface area contributed by atoms with E-state index in [-0.39, 0.29) is 25.4 Å². The van der Waals surface area contributed by atoms with Gasteiger partial charge in [0.25, 0.3) is 0 Å². The van der Waals surface area contributed by atoms with Crippen molar-refractivity contribution in [1.82, 2.24) is 10.6 Å². The number of hydrogen-bond donors (Lipinski definition) is 4. The maximum Gasteiger partial charge on any atom is 0.407 e. The van der Waals surface area contributed by atoms with E-state index >= 15 is 0 Å². The van der Waals surface area contributed by atoms with Crippen LogP contribution in [0.4, 0.5) is 4.79 Å². The number of rotatable bonds is 9. The van der Waals surface area contributed by atoms with Crippen molar-refractivity contribution < 1.29 is 29.3 Å². The van der Waals surface area contributed by atoms with Crippen LogP contribution in [-0.4, -0.2) is 52.0 Å². The van der Waals surface area contributed by atoms with Gasteiger partial charge in [-0.15, -0.1) is 0 Å². The lowest BCUT2D eigenvalue weighted by atomic mass is 9.85. The molecule has 1 unspecified atom stereocenters. The van der Waals surface area contributed by atoms with Crippen LogP contribution >= 0.6 is 0 Å². The highest BCUT2D eigenvalue weighted by molar-refractivity contribution is 5.87. The summed E-state index contributed by atoms with van der Waals surface area (Å²) in [5.74, 6) is -1.82. The number of aliphatic hydroxyl groups is 1. The zero-order chi connectivity index (χ0) is 25.1. The van der Waals surface area contributed by atoms with E-state index in [0.29, 0.717) is 0 Å². The van der Waals surface area contributed by atoms with Crippen molar-refractivity contribution in [2.45, 2.75) is 63.6 Å². The second-order valence-electron chi connectivity index (χ2n) is 9.63. The monoisotopic (exact) mass is 468 g/mol. The summed E-state index contributed by atoms with van der Waals surface area (Å²) < 4.78 is 5.50. The molecule has 0 bridgehead atoms. The van der Waals surface area contributed by atoms with Gasteiger partial charge in [0.2, 0.25) is 5.91 Å². The quantitative estimate of drug-likeness (QED) is 0.447. The summed E-state index contributed by atoms with van der Waals surface area (Å²) in [5, 5.41) is 24.6. The van der Waals surface area contributed by atoms with E-state index in [9.17, 15) is 19.5 Å². The van der Waals surface area contributed by atoms with Crippen molar-refractivity contribution in [3.05, 3.63) is 59.7 Å². The van der Waals surface area contributed by atoms with E-state index in [2.05, 4.69) is 10.6 Å². The van der Waals surface area contributed by atoms with Gasteiger partial charge in [-0.1, -0.05) is 48.5 Å². The fraction of sp³-hybridized carbons (Fsp3) is 0.423. The van der Waals surface area contributed by atoms with Gasteiger partial charge in [0, 0.05) is 12.3 Å². The Balaban J connectivity index is 1.69. The van der Waals surface area contributed by atoms with E-state index in [1.165, 1.54) is 0 Å². The van der Waals surface area contributed by atoms with Crippen LogP contribution in [0.3, 0.4) is 0 Å². The molecule has 2 aromatic rings. The predicted octanol–water partition coefficient (Wildman–Crippen LogP) is 3.42. The van der Waals surface area contributed by atoms with E-state index in [4.69, 9.17) is 9.84 Å². The molecule has 3 rings (SSSR count). The highest BCUT2D eigenvalue weighted by atomic mass is 16.5. The number of benzene rings is 2. The van der Waals surface area contributed by atoms with Crippen molar-refractivity contribution in [3.8, 4) is 11.1 Å². The summed E-state index contributed by atoms with van der Waals surface area (Å²) in [5.41, 5.74) is 2.05. The molecule has 2 aromatic carbocycles. The highest BCUT2D eigenvalue weighted by Crippen LogP contribution is 2.44. The maximum absolute atomic E-state index is 12.9. The third-order valence-electron chi connectivity index (χ3n) is 6.56. The normalized spacial score (nSPS) is 14.0. The van der Waals surface area contributed by atoms with Gasteiger partial charge in [-0.3, -0.25) is 9.59 Å². The molecule has 0 saturated heterocycles. The zero-order valence-corrected chi connectivity index (χ0v) is 19.9. The van der Waals surface area contributed by atoms with Gasteiger partial charge >= 0.3 is 12.1 Å². The van der Waals surface area contributed by atoms with Crippen LogP contribution in [0.1, 0.15) is 57.6 Å². The third-order valence-corrected chi connectivity index (χ3v) is 6.56. The first-order valence-electron chi connectivity index (χ1n) is 11.3. The number of nitrogens with one attached hydrogen (secondary N) is 2. The van der Waals surface area contributed by atoms with Gasteiger partial charge in [0.15, 0.2) is 0 Å². The summed E-state index contributed by atoms with van der Waals surface area (Å²) in [6.45, 7) is 6.47. The summed E-state index contributed by atoms with van der Waals surface area (Å²) in [6.07, 6.45) is -1.24. The van der Waals surface area contributed by atoms with E-state index in [1.54, 1.807) is 27.7 Å². The third kappa shape index (κ3) is 5.56. The molecule has 0 radical (unpaired) electrons. The summed E-state index contributed by atoms with van der Waals surface area (Å²) in [6, 6.07) is 14.7. The average molecular weight is 469 g/mol. The number of carbonyl (C=O) groups excluding carboxylic acids is 2. The Kier molecular flexibility index (Phi) is 7.31. The minimum absolute atomic E-state index is 0.0717. The Morgan fingerprint density at radius 1 is 0.971 bits per heavy atom. The Hall–Kier alpha value is -3.39. The van der Waals surface area contributed by atoms with Crippen LogP contribution in [0, 0.1) is 0 Å². The average Bonchev–Trinajstić information content (AvgIpc) is 3.07. The molecule has 8 nitrogen and oxygen atoms in total. The summed E-state index contributed by atoms with van der Waals surface area (Å²) in [4.78, 5) is 36.6. The molecule has 4 N–H and O–H groups in total. The topological polar surface area (TPSA) is 125 Å². The van der Waals surface area contributed by atoms with Crippen molar-refractivity contribution in [2.24, 2.45) is 0 Å². The Morgan fingerprint density at radius 3 is 2.00 bits per heavy atom. The fourth-order valence-corrected chi connectivity index (χ4v) is 3.87. The molecule has 34 heavy (non-hydrogen) atoms. The first-order chi connectivity index (χ1) is 15.9. The molecular formula is C26H32N2O6. The molecule has 182 valence electrons. The number of fused-ring (bicyclic) bond motifs is 3. The van der Waals surface area contributed by atoms with Gasteiger partial charge < -0.3 is 25.6 Å². The SMILES string of the molecule is CC(C)(O)C(C)(C)NC(=O)C(CCC(=O)O)NC(=O)OCC1c2ccccc2-c2ccccc21. The molecule has 0 aromatic heterocycles. The first kappa shape index (κ1) is 25.2. The van der Waals surface area contributed by atoms with Gasteiger partial charge in [-0.2, -0.15) is 0 Å². The lowest BCUT2D eigenvalue weighted by molar-refractivity contribution is -0.137. The van der Waals surface area contributed by atoms with Crippen molar-refractivity contribution in [1.29, 1.82) is 0 Å². The van der Waals surface area contributed by atoms with Crippen LogP contribution < -0.4 is 10.6 Å². The smallest absolute Gasteiger partial charge is 0.407 e. The number of hydrogen-bond acceptors (Lipinski definition) is 5. The van der Waals surface area contributed by atoms with Crippen molar-refractivity contribution in [2.75, 3.05) is 6.61 Å². The molecular weight excluding hydrogens is 436 g/mol. The molecule has 8 heteroatoms. The molecule has 1 aliphatic carbocycles. The van der Waals surface area contributed by atoms with E-state index in [1.807, 2.05) is 48.5 Å². The minimum atomic E-state index is -1.25. The summed E-state index contributed by atoms with van der Waals surface area (Å²) >= 11 is 0. The maximum atomic E-state index is 12.9. The number of amides is 2. The second-order valence-corrected chi connectivity index (χ2v) is 9.63. The number of carboxylic acids is 1. The number of alkyl carbamates (subject to hydrolysis) is 1. The lowest BCUT2D eigenvalue weighted by Gasteiger charge is -2.39. The Bertz CT molecular complexity index is 1030. The Morgan fingerprint density at radius 2 is 1.50 bits per heavy atom. The number of ether oxygens (including phenoxy) is 1. The number of carbonyl (C=O) groups is 3. The van der Waals surface area contributed by atoms with Gasteiger partial charge in [0.05, 0.1) is 11.1 Å². The standard InChI is InChI=1S/C26H32N2O6/c1-25(2,26(3,4)33)28-23(31)21(13-14-22(29)30)27-24(32)34-15-20-18-11-7-5-9-16(18)17-10-6-8-12-19(17)20/h5-12,20-21,33H,13-15H2,1-4H3,(H,27,32)(H,28,31)(H,29,30). The van der Waals surface area contributed by atoms with Crippen LogP contribution in [0.5, 0.6) is 0 Å². The van der Waals surface area contributed by atoms with Crippen LogP contribution in [0.25, 0.3) is 11.1 Å². The van der Waals surface area contributed by atoms with Crippen LogP contribution in [0.15, 0.2) is 48.5 Å². The van der Waals surface area contributed by atoms with Gasteiger partial charge in [-0.25, -0.2) is 4.79 Å². The Labute approximate surface area is 199 Å². The summed E-state index contributed by atoms with van der Waals surface area (Å²) in [7, 11) is 0. The first-order valence-corrected chi connectivity index (χ1v) is 11.3. The molecule has 0 heterocycles. The minimum Gasteiger partial charge on any atom is -0.481 e. The molecule has 0 saturated carbocycles. The second kappa shape index (κ2) is 9.85. The van der Waals surface area contributed by atoms with E-state index in [0.717, 1.165) is 22.3 Å². The molecule has 0 aliphatic heterocycles. The van der Waals surface area contributed by atoms with Crippen LogP contribution in [-0.2, 0) is 14.3 Å².